The molecule has 1 unspecified atom stereocenters. The number of aliphatic hydroxyl groups excluding tert-OH is 1. The van der Waals surface area contributed by atoms with E-state index in [1.807, 2.05) is 31.2 Å². The third kappa shape index (κ3) is 3.73. The highest BCUT2D eigenvalue weighted by atomic mass is 16.5. The molecule has 1 amide bonds. The molecule has 2 heterocycles. The first-order valence-electron chi connectivity index (χ1n) is 10.5. The maximum Gasteiger partial charge on any atom is 0.337 e. The van der Waals surface area contributed by atoms with Crippen LogP contribution in [0, 0.1) is 6.92 Å². The Bertz CT molecular complexity index is 1320. The van der Waals surface area contributed by atoms with Crippen molar-refractivity contribution < 1.29 is 29.3 Å². The van der Waals surface area contributed by atoms with Gasteiger partial charge in [0.2, 0.25) is 0 Å². The minimum Gasteiger partial charge on any atom is -0.508 e. The number of aryl methyl sites for hydroxylation is 1. The Morgan fingerprint density at radius 1 is 1.15 bits per heavy atom. The summed E-state index contributed by atoms with van der Waals surface area (Å²) in [6, 6.07) is 11.0. The number of phenols is 1. The molecule has 8 heteroatoms. The van der Waals surface area contributed by atoms with Gasteiger partial charge in [0, 0.05) is 28.7 Å². The predicted octanol–water partition coefficient (Wildman–Crippen LogP) is 3.50. The second kappa shape index (κ2) is 8.46. The van der Waals surface area contributed by atoms with Crippen LogP contribution in [0.1, 0.15) is 40.1 Å². The summed E-state index contributed by atoms with van der Waals surface area (Å²) < 4.78 is 4.68. The number of H-pyrrole nitrogens is 1. The molecule has 0 saturated carbocycles. The van der Waals surface area contributed by atoms with Gasteiger partial charge in [-0.1, -0.05) is 24.3 Å². The largest absolute Gasteiger partial charge is 0.508 e. The Morgan fingerprint density at radius 3 is 2.55 bits per heavy atom. The molecule has 1 aromatic heterocycles. The van der Waals surface area contributed by atoms with E-state index < -0.39 is 29.5 Å². The number of aromatic hydroxyl groups is 1. The SMILES string of the molecule is COC(=O)c1ccc(C2C(C(C)=O)=C(O)C(=O)N2CCc2c(C)[nH]c3ccccc23)c(O)c1. The molecule has 33 heavy (non-hydrogen) atoms. The van der Waals surface area contributed by atoms with E-state index in [1.54, 1.807) is 0 Å². The lowest BCUT2D eigenvalue weighted by Gasteiger charge is -2.27. The van der Waals surface area contributed by atoms with E-state index >= 15 is 0 Å². The molecule has 3 N–H and O–H groups in total. The van der Waals surface area contributed by atoms with Crippen molar-refractivity contribution in [2.75, 3.05) is 13.7 Å². The first kappa shape index (κ1) is 22.1. The summed E-state index contributed by atoms with van der Waals surface area (Å²) in [5.74, 6) is -2.69. The van der Waals surface area contributed by atoms with Crippen molar-refractivity contribution in [3.8, 4) is 5.75 Å². The van der Waals surface area contributed by atoms with Gasteiger partial charge in [0.15, 0.2) is 11.5 Å². The predicted molar refractivity (Wildman–Crippen MR) is 121 cm³/mol. The third-order valence-corrected chi connectivity index (χ3v) is 6.06. The van der Waals surface area contributed by atoms with Gasteiger partial charge in [0.1, 0.15) is 5.75 Å². The van der Waals surface area contributed by atoms with Crippen LogP contribution in [0.25, 0.3) is 10.9 Å². The lowest BCUT2D eigenvalue weighted by atomic mass is 9.94. The number of hydrogen-bond acceptors (Lipinski definition) is 6. The minimum atomic E-state index is -0.979. The van der Waals surface area contributed by atoms with Gasteiger partial charge in [-0.3, -0.25) is 9.59 Å². The molecule has 0 radical (unpaired) electrons. The Morgan fingerprint density at radius 2 is 1.88 bits per heavy atom. The molecule has 8 nitrogen and oxygen atoms in total. The average molecular weight is 448 g/mol. The number of carbonyl (C=O) groups excluding carboxylic acids is 3. The van der Waals surface area contributed by atoms with E-state index in [2.05, 4.69) is 9.72 Å². The number of ketones is 1. The Labute approximate surface area is 190 Å². The summed E-state index contributed by atoms with van der Waals surface area (Å²) in [5, 5.41) is 22.2. The van der Waals surface area contributed by atoms with Gasteiger partial charge in [0.05, 0.1) is 24.3 Å². The molecule has 0 bridgehead atoms. The average Bonchev–Trinajstić information content (AvgIpc) is 3.24. The number of ether oxygens (including phenoxy) is 1. The fraction of sp³-hybridized carbons (Fsp3) is 0.240. The quantitative estimate of drug-likeness (QED) is 0.497. The summed E-state index contributed by atoms with van der Waals surface area (Å²) in [6.45, 7) is 3.41. The van der Waals surface area contributed by atoms with Crippen molar-refractivity contribution in [1.82, 2.24) is 9.88 Å². The van der Waals surface area contributed by atoms with E-state index in [0.717, 1.165) is 22.2 Å². The van der Waals surface area contributed by atoms with Crippen LogP contribution in [0.15, 0.2) is 53.8 Å². The number of para-hydroxylation sites is 1. The lowest BCUT2D eigenvalue weighted by molar-refractivity contribution is -0.129. The molecule has 0 saturated heterocycles. The molecule has 0 aliphatic carbocycles. The van der Waals surface area contributed by atoms with Crippen molar-refractivity contribution in [2.45, 2.75) is 26.3 Å². The van der Waals surface area contributed by atoms with Crippen molar-refractivity contribution in [1.29, 1.82) is 0 Å². The van der Waals surface area contributed by atoms with Crippen molar-refractivity contribution in [2.24, 2.45) is 0 Å². The summed E-state index contributed by atoms with van der Waals surface area (Å²) in [5.41, 5.74) is 3.25. The fourth-order valence-corrected chi connectivity index (χ4v) is 4.48. The molecular weight excluding hydrogens is 424 g/mol. The van der Waals surface area contributed by atoms with Crippen LogP contribution in [0.3, 0.4) is 0 Å². The Hall–Kier alpha value is -4.07. The molecule has 1 aliphatic rings. The number of aromatic nitrogens is 1. The second-order valence-electron chi connectivity index (χ2n) is 8.01. The smallest absolute Gasteiger partial charge is 0.337 e. The molecule has 0 fully saturated rings. The number of benzene rings is 2. The van der Waals surface area contributed by atoms with Crippen LogP contribution in [-0.2, 0) is 20.7 Å². The highest BCUT2D eigenvalue weighted by molar-refractivity contribution is 6.08. The number of aromatic amines is 1. The third-order valence-electron chi connectivity index (χ3n) is 6.06. The zero-order valence-corrected chi connectivity index (χ0v) is 18.5. The zero-order valence-electron chi connectivity index (χ0n) is 18.5. The van der Waals surface area contributed by atoms with E-state index in [4.69, 9.17) is 0 Å². The summed E-state index contributed by atoms with van der Waals surface area (Å²) in [7, 11) is 1.23. The van der Waals surface area contributed by atoms with Crippen LogP contribution in [0.4, 0.5) is 0 Å². The van der Waals surface area contributed by atoms with Gasteiger partial charge in [-0.2, -0.15) is 0 Å². The maximum atomic E-state index is 12.9. The van der Waals surface area contributed by atoms with Crippen molar-refractivity contribution in [3.05, 3.63) is 76.2 Å². The Balaban J connectivity index is 1.72. The number of aliphatic hydroxyl groups is 1. The maximum absolute atomic E-state index is 12.9. The second-order valence-corrected chi connectivity index (χ2v) is 8.01. The molecular formula is C25H24N2O6. The van der Waals surface area contributed by atoms with Crippen LogP contribution in [0.2, 0.25) is 0 Å². The van der Waals surface area contributed by atoms with Crippen LogP contribution in [0.5, 0.6) is 5.75 Å². The summed E-state index contributed by atoms with van der Waals surface area (Å²) in [6.07, 6.45) is 0.470. The summed E-state index contributed by atoms with van der Waals surface area (Å²) in [4.78, 5) is 41.8. The fourth-order valence-electron chi connectivity index (χ4n) is 4.48. The number of amides is 1. The van der Waals surface area contributed by atoms with E-state index in [-0.39, 0.29) is 29.0 Å². The number of phenolic OH excluding ortho intramolecular Hbond substituents is 1. The number of hydrogen-bond donors (Lipinski definition) is 3. The molecule has 4 rings (SSSR count). The van der Waals surface area contributed by atoms with Crippen molar-refractivity contribution in [3.63, 3.8) is 0 Å². The molecule has 3 aromatic rings. The van der Waals surface area contributed by atoms with Gasteiger partial charge in [0.25, 0.3) is 5.91 Å². The number of nitrogens with one attached hydrogen (secondary N) is 1. The first-order chi connectivity index (χ1) is 15.7. The molecule has 2 aromatic carbocycles. The number of carbonyl (C=O) groups is 3. The lowest BCUT2D eigenvalue weighted by Crippen LogP contribution is -2.33. The van der Waals surface area contributed by atoms with Gasteiger partial charge >= 0.3 is 5.97 Å². The molecule has 1 aliphatic heterocycles. The van der Waals surface area contributed by atoms with Crippen LogP contribution < -0.4 is 0 Å². The van der Waals surface area contributed by atoms with Crippen LogP contribution in [-0.4, -0.2) is 51.4 Å². The minimum absolute atomic E-state index is 0.0863. The van der Waals surface area contributed by atoms with E-state index in [9.17, 15) is 24.6 Å². The van der Waals surface area contributed by atoms with Gasteiger partial charge in [-0.05, 0) is 44.0 Å². The van der Waals surface area contributed by atoms with E-state index in [0.29, 0.717) is 6.42 Å². The molecule has 170 valence electrons. The summed E-state index contributed by atoms with van der Waals surface area (Å²) >= 11 is 0. The normalized spacial score (nSPS) is 16.0. The van der Waals surface area contributed by atoms with Gasteiger partial charge in [-0.25, -0.2) is 4.79 Å². The van der Waals surface area contributed by atoms with Crippen LogP contribution >= 0.6 is 0 Å². The number of nitrogens with zero attached hydrogens (tertiary/aromatic N) is 1. The topological polar surface area (TPSA) is 120 Å². The van der Waals surface area contributed by atoms with Crippen molar-refractivity contribution >= 4 is 28.6 Å². The number of fused-ring (bicyclic) bond motifs is 1. The highest BCUT2D eigenvalue weighted by Gasteiger charge is 2.43. The van der Waals surface area contributed by atoms with E-state index in [1.165, 1.54) is 37.1 Å². The number of Topliss-reactive ketones (excluding diaryl/α,β-unsaturated/α-hetero) is 1. The zero-order chi connectivity index (χ0) is 23.9. The number of esters is 1. The number of rotatable bonds is 6. The molecule has 1 atom stereocenters. The van der Waals surface area contributed by atoms with Gasteiger partial charge < -0.3 is 24.8 Å². The highest BCUT2D eigenvalue weighted by Crippen LogP contribution is 2.41. The first-order valence-corrected chi connectivity index (χ1v) is 10.5. The van der Waals surface area contributed by atoms with Gasteiger partial charge in [-0.15, -0.1) is 0 Å². The molecule has 0 spiro atoms. The monoisotopic (exact) mass is 448 g/mol. The standard InChI is InChI=1S/C25H24N2O6/c1-13-16(17-6-4-5-7-19(17)26-13)10-11-27-22(21(14(2)28)23(30)24(27)31)18-9-8-15(12-20(18)29)25(32)33-3/h4-9,12,22,26,29-30H,10-11H2,1-3H3. The Kier molecular flexibility index (Phi) is 5.68. The number of methoxy groups -OCH3 is 1.